The smallest absolute Gasteiger partial charge is 0.308 e. The first-order valence-electron chi connectivity index (χ1n) is 10.1. The number of likely N-dealkylation sites (N-methyl/N-ethyl adjacent to an activating group) is 1. The van der Waals surface area contributed by atoms with Gasteiger partial charge in [0.1, 0.15) is 11.6 Å². The van der Waals surface area contributed by atoms with Crippen molar-refractivity contribution in [2.45, 2.75) is 44.7 Å². The van der Waals surface area contributed by atoms with Crippen LogP contribution >= 0.6 is 24.0 Å². The molecule has 1 aliphatic rings. The van der Waals surface area contributed by atoms with E-state index in [1.807, 2.05) is 6.92 Å². The molecule has 0 spiro atoms. The van der Waals surface area contributed by atoms with Gasteiger partial charge in [0.25, 0.3) is 0 Å². The Morgan fingerprint density at radius 3 is 2.33 bits per heavy atom. The van der Waals surface area contributed by atoms with Gasteiger partial charge in [0.15, 0.2) is 5.96 Å². The molecule has 1 fully saturated rings. The molecule has 2 rings (SSSR count). The molecule has 0 saturated heterocycles. The van der Waals surface area contributed by atoms with Crippen molar-refractivity contribution in [2.24, 2.45) is 10.9 Å². The first-order chi connectivity index (χ1) is 13.9. The van der Waals surface area contributed by atoms with E-state index in [0.29, 0.717) is 19.1 Å². The summed E-state index contributed by atoms with van der Waals surface area (Å²) in [5, 5.41) is 6.53. The number of nitrogens with zero attached hydrogens (tertiary/aromatic N) is 2. The van der Waals surface area contributed by atoms with Crippen molar-refractivity contribution in [2.75, 3.05) is 34.3 Å². The van der Waals surface area contributed by atoms with E-state index in [2.05, 4.69) is 15.6 Å². The van der Waals surface area contributed by atoms with Gasteiger partial charge in [-0.25, -0.2) is 8.78 Å². The number of guanidine groups is 1. The minimum atomic E-state index is -0.564. The van der Waals surface area contributed by atoms with E-state index in [1.165, 1.54) is 18.2 Å². The number of hydrogen-bond donors (Lipinski definition) is 2. The molecule has 1 aromatic carbocycles. The van der Waals surface area contributed by atoms with Crippen molar-refractivity contribution >= 4 is 35.9 Å². The lowest BCUT2D eigenvalue weighted by Gasteiger charge is -2.30. The molecule has 6 nitrogen and oxygen atoms in total. The molecule has 30 heavy (non-hydrogen) atoms. The third-order valence-corrected chi connectivity index (χ3v) is 5.33. The van der Waals surface area contributed by atoms with Crippen LogP contribution in [0, 0.1) is 17.6 Å². The monoisotopic (exact) mass is 538 g/mol. The summed E-state index contributed by atoms with van der Waals surface area (Å²) in [5.74, 6) is -0.705. The number of aliphatic imine (C=N–C) groups is 1. The van der Waals surface area contributed by atoms with Crippen molar-refractivity contribution in [3.8, 4) is 0 Å². The molecule has 1 aromatic rings. The molecule has 1 unspecified atom stereocenters. The van der Waals surface area contributed by atoms with Gasteiger partial charge < -0.3 is 20.3 Å². The predicted molar refractivity (Wildman–Crippen MR) is 125 cm³/mol. The van der Waals surface area contributed by atoms with Crippen molar-refractivity contribution in [1.82, 2.24) is 15.5 Å². The van der Waals surface area contributed by atoms with Crippen LogP contribution in [-0.2, 0) is 9.53 Å². The van der Waals surface area contributed by atoms with E-state index in [0.717, 1.165) is 25.7 Å². The lowest BCUT2D eigenvalue weighted by atomic mass is 9.86. The molecule has 0 heterocycles. The summed E-state index contributed by atoms with van der Waals surface area (Å²) < 4.78 is 33.5. The molecule has 0 aromatic heterocycles. The maximum absolute atomic E-state index is 14.2. The molecule has 9 heteroatoms. The van der Waals surface area contributed by atoms with Gasteiger partial charge in [0.05, 0.1) is 18.6 Å². The van der Waals surface area contributed by atoms with Gasteiger partial charge in [-0.3, -0.25) is 9.79 Å². The largest absolute Gasteiger partial charge is 0.466 e. The normalized spacial score (nSPS) is 20.3. The van der Waals surface area contributed by atoms with Gasteiger partial charge in [-0.2, -0.15) is 0 Å². The number of nitrogens with one attached hydrogen (secondary N) is 2. The minimum absolute atomic E-state index is 0. The highest BCUT2D eigenvalue weighted by molar-refractivity contribution is 14.0. The number of hydrogen-bond acceptors (Lipinski definition) is 4. The highest BCUT2D eigenvalue weighted by Gasteiger charge is 2.28. The zero-order valence-electron chi connectivity index (χ0n) is 18.1. The Hall–Kier alpha value is -1.49. The molecule has 1 atom stereocenters. The summed E-state index contributed by atoms with van der Waals surface area (Å²) in [6.45, 7) is 2.51. The van der Waals surface area contributed by atoms with Gasteiger partial charge in [-0.05, 0) is 58.8 Å². The summed E-state index contributed by atoms with van der Waals surface area (Å²) in [6.07, 6.45) is 3.22. The fourth-order valence-electron chi connectivity index (χ4n) is 3.69. The maximum atomic E-state index is 14.2. The van der Waals surface area contributed by atoms with Gasteiger partial charge >= 0.3 is 5.97 Å². The lowest BCUT2D eigenvalue weighted by Crippen LogP contribution is -2.47. The Morgan fingerprint density at radius 2 is 1.83 bits per heavy atom. The average molecular weight is 538 g/mol. The van der Waals surface area contributed by atoms with Crippen LogP contribution < -0.4 is 10.6 Å². The number of carbonyl (C=O) groups excluding carboxylic acids is 1. The second kappa shape index (κ2) is 13.0. The van der Waals surface area contributed by atoms with E-state index < -0.39 is 17.7 Å². The molecular formula is C21H33F2IN4O2. The Balaban J connectivity index is 0.00000450. The van der Waals surface area contributed by atoms with Crippen LogP contribution in [0.4, 0.5) is 8.78 Å². The van der Waals surface area contributed by atoms with Crippen molar-refractivity contribution in [3.05, 3.63) is 35.4 Å². The van der Waals surface area contributed by atoms with Gasteiger partial charge in [0.2, 0.25) is 0 Å². The summed E-state index contributed by atoms with van der Waals surface area (Å²) in [6, 6.07) is 3.60. The second-order valence-corrected chi connectivity index (χ2v) is 7.51. The van der Waals surface area contributed by atoms with Crippen molar-refractivity contribution < 1.29 is 18.3 Å². The fraction of sp³-hybridized carbons (Fsp3) is 0.619. The van der Waals surface area contributed by atoms with Crippen LogP contribution in [0.2, 0.25) is 0 Å². The molecule has 1 saturated carbocycles. The third-order valence-electron chi connectivity index (χ3n) is 5.33. The minimum Gasteiger partial charge on any atom is -0.466 e. The van der Waals surface area contributed by atoms with Crippen LogP contribution in [0.25, 0.3) is 0 Å². The van der Waals surface area contributed by atoms with Crippen LogP contribution in [0.15, 0.2) is 23.2 Å². The highest BCUT2D eigenvalue weighted by Crippen LogP contribution is 2.26. The zero-order chi connectivity index (χ0) is 21.4. The molecule has 0 aliphatic heterocycles. The average Bonchev–Trinajstić information content (AvgIpc) is 2.69. The Morgan fingerprint density at radius 1 is 1.23 bits per heavy atom. The Bertz CT molecular complexity index is 690. The van der Waals surface area contributed by atoms with Crippen LogP contribution in [0.3, 0.4) is 0 Å². The maximum Gasteiger partial charge on any atom is 0.308 e. The third kappa shape index (κ3) is 7.33. The first-order valence-corrected chi connectivity index (χ1v) is 10.1. The molecule has 0 radical (unpaired) electrons. The Kier molecular flexibility index (Phi) is 11.5. The molecule has 170 valence electrons. The summed E-state index contributed by atoms with van der Waals surface area (Å²) >= 11 is 0. The quantitative estimate of drug-likeness (QED) is 0.241. The van der Waals surface area contributed by atoms with Gasteiger partial charge in [0, 0.05) is 25.2 Å². The number of ether oxygens (including phenoxy) is 1. The van der Waals surface area contributed by atoms with Crippen LogP contribution in [0.5, 0.6) is 0 Å². The number of benzene rings is 1. The number of halogens is 3. The van der Waals surface area contributed by atoms with Gasteiger partial charge in [-0.1, -0.05) is 6.07 Å². The zero-order valence-corrected chi connectivity index (χ0v) is 20.4. The van der Waals surface area contributed by atoms with E-state index >= 15 is 0 Å². The van der Waals surface area contributed by atoms with E-state index in [9.17, 15) is 13.6 Å². The highest BCUT2D eigenvalue weighted by atomic mass is 127. The van der Waals surface area contributed by atoms with E-state index in [4.69, 9.17) is 4.74 Å². The number of rotatable bonds is 7. The SMILES string of the molecule is CCOC(=O)C1CCC(NC(=NC)NCC(c2c(F)cccc2F)N(C)C)CC1.I. The molecule has 1 aliphatic carbocycles. The fourth-order valence-corrected chi connectivity index (χ4v) is 3.69. The summed E-state index contributed by atoms with van der Waals surface area (Å²) in [4.78, 5) is 17.9. The van der Waals surface area contributed by atoms with Crippen LogP contribution in [-0.4, -0.2) is 57.2 Å². The predicted octanol–water partition coefficient (Wildman–Crippen LogP) is 3.47. The lowest BCUT2D eigenvalue weighted by molar-refractivity contribution is -0.149. The topological polar surface area (TPSA) is 66.0 Å². The Labute approximate surface area is 194 Å². The molecule has 2 N–H and O–H groups in total. The van der Waals surface area contributed by atoms with Crippen molar-refractivity contribution in [1.29, 1.82) is 0 Å². The molecule has 0 bridgehead atoms. The molecular weight excluding hydrogens is 505 g/mol. The molecule has 0 amide bonds. The summed E-state index contributed by atoms with van der Waals surface area (Å²) in [7, 11) is 5.23. The van der Waals surface area contributed by atoms with Crippen LogP contribution in [0.1, 0.15) is 44.2 Å². The van der Waals surface area contributed by atoms with Crippen molar-refractivity contribution in [3.63, 3.8) is 0 Å². The van der Waals surface area contributed by atoms with Gasteiger partial charge in [-0.15, -0.1) is 24.0 Å². The first kappa shape index (κ1) is 26.5. The number of esters is 1. The summed E-state index contributed by atoms with van der Waals surface area (Å²) in [5.41, 5.74) is 0.0374. The second-order valence-electron chi connectivity index (χ2n) is 7.51. The van der Waals surface area contributed by atoms with E-state index in [1.54, 1.807) is 26.0 Å². The number of carbonyl (C=O) groups is 1. The standard InChI is InChI=1S/C21H32F2N4O2.HI/c1-5-29-20(28)14-9-11-15(12-10-14)26-21(24-2)25-13-18(27(3)4)19-16(22)7-6-8-17(19)23;/h6-8,14-15,18H,5,9-13H2,1-4H3,(H2,24,25,26);1H. The van der Waals surface area contributed by atoms with E-state index in [-0.39, 0.29) is 47.5 Å².